The molecule has 1 fully saturated rings. The Hall–Kier alpha value is -1.36. The van der Waals surface area contributed by atoms with E-state index in [0.717, 1.165) is 31.5 Å². The Morgan fingerprint density at radius 3 is 2.62 bits per heavy atom. The third-order valence-electron chi connectivity index (χ3n) is 3.03. The number of aryl methyl sites for hydroxylation is 1. The summed E-state index contributed by atoms with van der Waals surface area (Å²) in [5.41, 5.74) is 0.775. The SMILES string of the molecule is Cn1cc(C(C(=O)O)N2CCCCC2)cn1. The minimum Gasteiger partial charge on any atom is -0.480 e. The quantitative estimate of drug-likeness (QED) is 0.831. The highest BCUT2D eigenvalue weighted by Crippen LogP contribution is 2.24. The first-order valence-corrected chi connectivity index (χ1v) is 5.64. The molecule has 5 nitrogen and oxygen atoms in total. The zero-order valence-electron chi connectivity index (χ0n) is 9.46. The van der Waals surface area contributed by atoms with Crippen LogP contribution in [0.4, 0.5) is 0 Å². The molecule has 1 aliphatic rings. The van der Waals surface area contributed by atoms with Crippen molar-refractivity contribution >= 4 is 5.97 Å². The second-order valence-corrected chi connectivity index (χ2v) is 4.28. The van der Waals surface area contributed by atoms with Crippen molar-refractivity contribution in [2.45, 2.75) is 25.3 Å². The standard InChI is InChI=1S/C11H17N3O2/c1-13-8-9(7-12-13)10(11(15)16)14-5-3-2-4-6-14/h7-8,10H,2-6H2,1H3,(H,15,16). The number of carboxylic acid groups (broad SMARTS) is 1. The lowest BCUT2D eigenvalue weighted by Gasteiger charge is -2.31. The summed E-state index contributed by atoms with van der Waals surface area (Å²) in [6.07, 6.45) is 6.81. The van der Waals surface area contributed by atoms with Crippen molar-refractivity contribution in [3.8, 4) is 0 Å². The molecule has 1 atom stereocenters. The molecule has 0 amide bonds. The van der Waals surface area contributed by atoms with Gasteiger partial charge in [0.1, 0.15) is 6.04 Å². The van der Waals surface area contributed by atoms with Gasteiger partial charge in [0.2, 0.25) is 0 Å². The van der Waals surface area contributed by atoms with E-state index in [4.69, 9.17) is 0 Å². The molecule has 0 spiro atoms. The molecule has 1 saturated heterocycles. The second kappa shape index (κ2) is 4.65. The van der Waals surface area contributed by atoms with Crippen molar-refractivity contribution in [2.24, 2.45) is 7.05 Å². The summed E-state index contributed by atoms with van der Waals surface area (Å²) < 4.78 is 1.65. The van der Waals surface area contributed by atoms with Gasteiger partial charge in [0, 0.05) is 18.8 Å². The van der Waals surface area contributed by atoms with Gasteiger partial charge >= 0.3 is 5.97 Å². The summed E-state index contributed by atoms with van der Waals surface area (Å²) in [6.45, 7) is 1.73. The first-order chi connectivity index (χ1) is 7.68. The molecule has 88 valence electrons. The molecular weight excluding hydrogens is 206 g/mol. The van der Waals surface area contributed by atoms with Crippen LogP contribution in [-0.4, -0.2) is 38.8 Å². The van der Waals surface area contributed by atoms with Crippen molar-refractivity contribution in [3.05, 3.63) is 18.0 Å². The van der Waals surface area contributed by atoms with Gasteiger partial charge in [-0.05, 0) is 25.9 Å². The molecule has 0 aliphatic carbocycles. The van der Waals surface area contributed by atoms with Crippen LogP contribution in [0.5, 0.6) is 0 Å². The molecule has 0 bridgehead atoms. The average molecular weight is 223 g/mol. The fourth-order valence-electron chi connectivity index (χ4n) is 2.27. The van der Waals surface area contributed by atoms with Gasteiger partial charge in [0.15, 0.2) is 0 Å². The van der Waals surface area contributed by atoms with Crippen LogP contribution in [0, 0.1) is 0 Å². The maximum atomic E-state index is 11.3. The van der Waals surface area contributed by atoms with Crippen LogP contribution in [0.1, 0.15) is 30.9 Å². The van der Waals surface area contributed by atoms with E-state index >= 15 is 0 Å². The summed E-state index contributed by atoms with van der Waals surface area (Å²) in [5, 5.41) is 13.4. The number of hydrogen-bond acceptors (Lipinski definition) is 3. The van der Waals surface area contributed by atoms with Gasteiger partial charge in [-0.3, -0.25) is 14.4 Å². The molecule has 0 saturated carbocycles. The Balaban J connectivity index is 2.19. The van der Waals surface area contributed by atoms with E-state index in [1.165, 1.54) is 6.42 Å². The van der Waals surface area contributed by atoms with Gasteiger partial charge in [0.25, 0.3) is 0 Å². The third kappa shape index (κ3) is 2.24. The van der Waals surface area contributed by atoms with Crippen molar-refractivity contribution in [2.75, 3.05) is 13.1 Å². The number of hydrogen-bond donors (Lipinski definition) is 1. The number of piperidine rings is 1. The molecule has 0 aromatic carbocycles. The molecule has 1 unspecified atom stereocenters. The lowest BCUT2D eigenvalue weighted by Crippen LogP contribution is -2.37. The molecule has 2 heterocycles. The topological polar surface area (TPSA) is 58.4 Å². The molecule has 1 aromatic heterocycles. The number of likely N-dealkylation sites (tertiary alicyclic amines) is 1. The number of rotatable bonds is 3. The van der Waals surface area contributed by atoms with Crippen molar-refractivity contribution in [1.82, 2.24) is 14.7 Å². The highest BCUT2D eigenvalue weighted by Gasteiger charge is 2.29. The normalized spacial score (nSPS) is 19.6. The van der Waals surface area contributed by atoms with Crippen LogP contribution < -0.4 is 0 Å². The smallest absolute Gasteiger partial charge is 0.325 e. The van der Waals surface area contributed by atoms with Crippen LogP contribution in [0.15, 0.2) is 12.4 Å². The summed E-state index contributed by atoms with van der Waals surface area (Å²) in [7, 11) is 1.80. The Labute approximate surface area is 94.7 Å². The van der Waals surface area contributed by atoms with E-state index < -0.39 is 12.0 Å². The van der Waals surface area contributed by atoms with Gasteiger partial charge in [0.05, 0.1) is 6.20 Å². The lowest BCUT2D eigenvalue weighted by atomic mass is 10.0. The van der Waals surface area contributed by atoms with Crippen LogP contribution in [0.3, 0.4) is 0 Å². The van der Waals surface area contributed by atoms with E-state index in [-0.39, 0.29) is 0 Å². The molecule has 16 heavy (non-hydrogen) atoms. The third-order valence-corrected chi connectivity index (χ3v) is 3.03. The van der Waals surface area contributed by atoms with E-state index in [2.05, 4.69) is 5.10 Å². The maximum Gasteiger partial charge on any atom is 0.325 e. The summed E-state index contributed by atoms with van der Waals surface area (Å²) in [5.74, 6) is -0.782. The fraction of sp³-hybridized carbons (Fsp3) is 0.636. The summed E-state index contributed by atoms with van der Waals surface area (Å²) in [6, 6.07) is -0.533. The maximum absolute atomic E-state index is 11.3. The molecular formula is C11H17N3O2. The van der Waals surface area contributed by atoms with Gasteiger partial charge in [-0.15, -0.1) is 0 Å². The van der Waals surface area contributed by atoms with Crippen molar-refractivity contribution in [3.63, 3.8) is 0 Å². The van der Waals surface area contributed by atoms with E-state index in [0.29, 0.717) is 0 Å². The second-order valence-electron chi connectivity index (χ2n) is 4.28. The highest BCUT2D eigenvalue weighted by molar-refractivity contribution is 5.75. The summed E-state index contributed by atoms with van der Waals surface area (Å²) >= 11 is 0. The summed E-state index contributed by atoms with van der Waals surface area (Å²) in [4.78, 5) is 13.4. The lowest BCUT2D eigenvalue weighted by molar-refractivity contribution is -0.144. The minimum absolute atomic E-state index is 0.533. The first-order valence-electron chi connectivity index (χ1n) is 5.64. The van der Waals surface area contributed by atoms with E-state index in [1.807, 2.05) is 4.90 Å². The molecule has 1 N–H and O–H groups in total. The zero-order chi connectivity index (χ0) is 11.5. The monoisotopic (exact) mass is 223 g/mol. The number of aromatic nitrogens is 2. The van der Waals surface area contributed by atoms with Crippen molar-refractivity contribution in [1.29, 1.82) is 0 Å². The van der Waals surface area contributed by atoms with Crippen LogP contribution in [-0.2, 0) is 11.8 Å². The van der Waals surface area contributed by atoms with Crippen molar-refractivity contribution < 1.29 is 9.90 Å². The molecule has 5 heteroatoms. The largest absolute Gasteiger partial charge is 0.480 e. The van der Waals surface area contributed by atoms with Crippen LogP contribution >= 0.6 is 0 Å². The molecule has 2 rings (SSSR count). The zero-order valence-corrected chi connectivity index (χ0v) is 9.46. The molecule has 1 aromatic rings. The highest BCUT2D eigenvalue weighted by atomic mass is 16.4. The predicted octanol–water partition coefficient (Wildman–Crippen LogP) is 1.03. The number of carboxylic acids is 1. The van der Waals surface area contributed by atoms with Gasteiger partial charge < -0.3 is 5.11 Å². The number of aliphatic carboxylic acids is 1. The first kappa shape index (κ1) is 11.1. The number of nitrogens with zero attached hydrogens (tertiary/aromatic N) is 3. The Bertz CT molecular complexity index is 369. The van der Waals surface area contributed by atoms with E-state index in [9.17, 15) is 9.90 Å². The van der Waals surface area contributed by atoms with Gasteiger partial charge in [-0.2, -0.15) is 5.10 Å². The Morgan fingerprint density at radius 2 is 2.12 bits per heavy atom. The molecule has 0 radical (unpaired) electrons. The Morgan fingerprint density at radius 1 is 1.44 bits per heavy atom. The minimum atomic E-state index is -0.782. The van der Waals surface area contributed by atoms with E-state index in [1.54, 1.807) is 24.1 Å². The number of carbonyl (C=O) groups is 1. The Kier molecular flexibility index (Phi) is 3.24. The predicted molar refractivity (Wildman–Crippen MR) is 59.0 cm³/mol. The van der Waals surface area contributed by atoms with Gasteiger partial charge in [-0.25, -0.2) is 0 Å². The van der Waals surface area contributed by atoms with Crippen LogP contribution in [0.2, 0.25) is 0 Å². The molecule has 1 aliphatic heterocycles. The average Bonchev–Trinajstić information content (AvgIpc) is 2.66. The van der Waals surface area contributed by atoms with Crippen LogP contribution in [0.25, 0.3) is 0 Å². The van der Waals surface area contributed by atoms with Gasteiger partial charge in [-0.1, -0.05) is 6.42 Å². The fourth-order valence-corrected chi connectivity index (χ4v) is 2.27.